The second-order valence-corrected chi connectivity index (χ2v) is 7.37. The molecule has 0 saturated carbocycles. The van der Waals surface area contributed by atoms with Gasteiger partial charge in [-0.15, -0.1) is 0 Å². The van der Waals surface area contributed by atoms with Gasteiger partial charge in [-0.25, -0.2) is 0 Å². The first-order chi connectivity index (χ1) is 12.5. The molecule has 26 heavy (non-hydrogen) atoms. The fraction of sp³-hybridized carbons (Fsp3) is 0.300. The number of rotatable bonds is 4. The smallest absolute Gasteiger partial charge is 0.252 e. The maximum Gasteiger partial charge on any atom is 0.252 e. The lowest BCUT2D eigenvalue weighted by atomic mass is 9.93. The normalized spacial score (nSPS) is 19.8. The lowest BCUT2D eigenvalue weighted by Gasteiger charge is -2.30. The number of carbonyl (C=O) groups excluding carboxylic acids is 2. The number of carbonyl (C=O) groups is 2. The molecule has 136 valence electrons. The highest BCUT2D eigenvalue weighted by Gasteiger charge is 2.25. The number of nitrogens with one attached hydrogen (secondary N) is 2. The maximum absolute atomic E-state index is 12.9. The van der Waals surface area contributed by atoms with Crippen LogP contribution in [0.15, 0.2) is 42.5 Å². The van der Waals surface area contributed by atoms with E-state index in [1.165, 1.54) is 6.07 Å². The third-order valence-corrected chi connectivity index (χ3v) is 5.44. The molecule has 4 nitrogen and oxygen atoms in total. The molecule has 6 heteroatoms. The largest absolute Gasteiger partial charge is 0.349 e. The first-order valence-corrected chi connectivity index (χ1v) is 9.33. The van der Waals surface area contributed by atoms with E-state index >= 15 is 0 Å². The van der Waals surface area contributed by atoms with E-state index in [1.807, 2.05) is 0 Å². The molecule has 1 aliphatic heterocycles. The summed E-state index contributed by atoms with van der Waals surface area (Å²) in [6, 6.07) is 11.6. The van der Waals surface area contributed by atoms with Gasteiger partial charge in [-0.3, -0.25) is 9.59 Å². The van der Waals surface area contributed by atoms with Crippen LogP contribution in [0.25, 0.3) is 0 Å². The molecule has 1 fully saturated rings. The lowest BCUT2D eigenvalue weighted by Crippen LogP contribution is -2.48. The molecule has 1 amide bonds. The van der Waals surface area contributed by atoms with Crippen molar-refractivity contribution in [1.82, 2.24) is 10.6 Å². The summed E-state index contributed by atoms with van der Waals surface area (Å²) in [6.45, 7) is 3.85. The minimum absolute atomic E-state index is 0.0943. The molecule has 2 aromatic carbocycles. The van der Waals surface area contributed by atoms with Crippen LogP contribution in [0.2, 0.25) is 10.0 Å². The molecule has 2 atom stereocenters. The molecule has 1 aliphatic rings. The average Bonchev–Trinajstić information content (AvgIpc) is 2.65. The minimum atomic E-state index is -0.257. The fourth-order valence-electron chi connectivity index (χ4n) is 3.15. The van der Waals surface area contributed by atoms with Gasteiger partial charge in [0.25, 0.3) is 5.91 Å². The monoisotopic (exact) mass is 390 g/mol. The highest BCUT2D eigenvalue weighted by molar-refractivity contribution is 6.42. The number of piperidine rings is 1. The Bertz CT molecular complexity index is 838. The molecule has 1 saturated heterocycles. The highest BCUT2D eigenvalue weighted by Crippen LogP contribution is 2.25. The zero-order valence-corrected chi connectivity index (χ0v) is 15.9. The SMILES string of the molecule is CC1CNCCC1NC(=O)c1ccccc1C(=O)c1ccc(Cl)c(Cl)c1. The van der Waals surface area contributed by atoms with E-state index in [0.29, 0.717) is 32.7 Å². The number of amides is 1. The van der Waals surface area contributed by atoms with Crippen molar-refractivity contribution in [2.45, 2.75) is 19.4 Å². The van der Waals surface area contributed by atoms with Crippen LogP contribution in [-0.2, 0) is 0 Å². The van der Waals surface area contributed by atoms with Gasteiger partial charge in [0.15, 0.2) is 5.78 Å². The molecular weight excluding hydrogens is 371 g/mol. The fourth-order valence-corrected chi connectivity index (χ4v) is 3.44. The molecule has 2 unspecified atom stereocenters. The zero-order chi connectivity index (χ0) is 18.7. The average molecular weight is 391 g/mol. The van der Waals surface area contributed by atoms with Crippen LogP contribution in [0, 0.1) is 5.92 Å². The van der Waals surface area contributed by atoms with Gasteiger partial charge < -0.3 is 10.6 Å². The molecule has 0 radical (unpaired) electrons. The van der Waals surface area contributed by atoms with E-state index in [1.54, 1.807) is 36.4 Å². The van der Waals surface area contributed by atoms with E-state index in [2.05, 4.69) is 17.6 Å². The van der Waals surface area contributed by atoms with Gasteiger partial charge >= 0.3 is 0 Å². The molecule has 3 rings (SSSR count). The van der Waals surface area contributed by atoms with E-state index < -0.39 is 0 Å². The van der Waals surface area contributed by atoms with Crippen molar-refractivity contribution in [2.24, 2.45) is 5.92 Å². The number of hydrogen-bond acceptors (Lipinski definition) is 3. The molecule has 1 heterocycles. The van der Waals surface area contributed by atoms with Gasteiger partial charge in [0.1, 0.15) is 0 Å². The van der Waals surface area contributed by atoms with Gasteiger partial charge in [0, 0.05) is 17.2 Å². The van der Waals surface area contributed by atoms with Gasteiger partial charge in [0.2, 0.25) is 0 Å². The Morgan fingerprint density at radius 1 is 1.08 bits per heavy atom. The Hall–Kier alpha value is -1.88. The van der Waals surface area contributed by atoms with Gasteiger partial charge in [-0.1, -0.05) is 48.3 Å². The number of hydrogen-bond donors (Lipinski definition) is 2. The van der Waals surface area contributed by atoms with Crippen LogP contribution in [0.3, 0.4) is 0 Å². The molecule has 2 aromatic rings. The summed E-state index contributed by atoms with van der Waals surface area (Å²) in [5.41, 5.74) is 1.12. The molecule has 2 N–H and O–H groups in total. The van der Waals surface area contributed by atoms with E-state index in [-0.39, 0.29) is 17.7 Å². The number of halogens is 2. The quantitative estimate of drug-likeness (QED) is 0.776. The molecule has 0 aromatic heterocycles. The lowest BCUT2D eigenvalue weighted by molar-refractivity contribution is 0.0905. The predicted molar refractivity (Wildman–Crippen MR) is 104 cm³/mol. The summed E-state index contributed by atoms with van der Waals surface area (Å²) in [4.78, 5) is 25.7. The number of ketones is 1. The molecule has 0 bridgehead atoms. The second-order valence-electron chi connectivity index (χ2n) is 6.55. The van der Waals surface area contributed by atoms with Crippen molar-refractivity contribution in [3.8, 4) is 0 Å². The van der Waals surface area contributed by atoms with Gasteiger partial charge in [0.05, 0.1) is 15.6 Å². The Morgan fingerprint density at radius 2 is 1.81 bits per heavy atom. The van der Waals surface area contributed by atoms with Gasteiger partial charge in [-0.2, -0.15) is 0 Å². The van der Waals surface area contributed by atoms with Crippen molar-refractivity contribution in [1.29, 1.82) is 0 Å². The van der Waals surface area contributed by atoms with Crippen molar-refractivity contribution < 1.29 is 9.59 Å². The minimum Gasteiger partial charge on any atom is -0.349 e. The number of benzene rings is 2. The second kappa shape index (κ2) is 8.21. The van der Waals surface area contributed by atoms with Crippen LogP contribution in [0.5, 0.6) is 0 Å². The summed E-state index contributed by atoms with van der Waals surface area (Å²) < 4.78 is 0. The van der Waals surface area contributed by atoms with Crippen molar-refractivity contribution in [3.05, 3.63) is 69.2 Å². The summed E-state index contributed by atoms with van der Waals surface area (Å²) >= 11 is 11.9. The summed E-state index contributed by atoms with van der Waals surface area (Å²) in [5, 5.41) is 7.08. The van der Waals surface area contributed by atoms with Crippen molar-refractivity contribution >= 4 is 34.9 Å². The molecular formula is C20H20Cl2N2O2. The van der Waals surface area contributed by atoms with Gasteiger partial charge in [-0.05, 0) is 49.7 Å². The van der Waals surface area contributed by atoms with Crippen LogP contribution in [0.4, 0.5) is 0 Å². The third-order valence-electron chi connectivity index (χ3n) is 4.70. The Balaban J connectivity index is 1.86. The standard InChI is InChI=1S/C20H20Cl2N2O2/c1-12-11-23-9-8-18(12)24-20(26)15-5-3-2-4-14(15)19(25)13-6-7-16(21)17(22)10-13/h2-7,10,12,18,23H,8-9,11H2,1H3,(H,24,26). The first-order valence-electron chi connectivity index (χ1n) is 8.57. The zero-order valence-electron chi connectivity index (χ0n) is 14.4. The van der Waals surface area contributed by atoms with Crippen LogP contribution >= 0.6 is 23.2 Å². The Kier molecular flexibility index (Phi) is 5.97. The van der Waals surface area contributed by atoms with E-state index in [9.17, 15) is 9.59 Å². The van der Waals surface area contributed by atoms with Crippen molar-refractivity contribution in [3.63, 3.8) is 0 Å². The van der Waals surface area contributed by atoms with Crippen LogP contribution in [-0.4, -0.2) is 30.8 Å². The summed E-state index contributed by atoms with van der Waals surface area (Å²) in [5.74, 6) is -0.147. The summed E-state index contributed by atoms with van der Waals surface area (Å²) in [7, 11) is 0. The Morgan fingerprint density at radius 3 is 2.50 bits per heavy atom. The third kappa shape index (κ3) is 4.09. The topological polar surface area (TPSA) is 58.2 Å². The summed E-state index contributed by atoms with van der Waals surface area (Å²) in [6.07, 6.45) is 0.871. The molecule has 0 aliphatic carbocycles. The highest BCUT2D eigenvalue weighted by atomic mass is 35.5. The predicted octanol–water partition coefficient (Wildman–Crippen LogP) is 3.95. The van der Waals surface area contributed by atoms with E-state index in [4.69, 9.17) is 23.2 Å². The van der Waals surface area contributed by atoms with Crippen molar-refractivity contribution in [2.75, 3.05) is 13.1 Å². The van der Waals surface area contributed by atoms with E-state index in [0.717, 1.165) is 19.5 Å². The first kappa shape index (κ1) is 18.9. The van der Waals surface area contributed by atoms with Crippen LogP contribution in [0.1, 0.15) is 39.6 Å². The molecule has 0 spiro atoms. The maximum atomic E-state index is 12.9. The Labute approximate surface area is 162 Å². The van der Waals surface area contributed by atoms with Crippen LogP contribution < -0.4 is 10.6 Å².